The standard InChI is InChI=1S/C10H11ClO2S.C8H12N2O2S/c11-8-4-6-10(7-5-8)14(12,13)9-2-1-3-9;1-8(2,3)5-4-9-6(13-5)10-7(11)12/h4-7,9H,1-3H2;4H,1-3H3,(H,9,10)(H,11,12). The SMILES string of the molecule is CC(C)(C)c1cnc(NC(=O)O)s1.O=S(=O)(c1ccc(Cl)cc1)C1CCC1. The number of benzene rings is 1. The summed E-state index contributed by atoms with van der Waals surface area (Å²) in [7, 11) is -3.08. The van der Waals surface area contributed by atoms with Crippen molar-refractivity contribution in [1.29, 1.82) is 0 Å². The molecule has 0 unspecified atom stereocenters. The molecule has 0 bridgehead atoms. The number of aromatic nitrogens is 1. The van der Waals surface area contributed by atoms with Gasteiger partial charge in [-0.15, -0.1) is 11.3 Å². The Kier molecular flexibility index (Phi) is 6.88. The second-order valence-corrected chi connectivity index (χ2v) is 11.0. The number of hydrogen-bond acceptors (Lipinski definition) is 5. The average Bonchev–Trinajstić information content (AvgIpc) is 2.94. The molecule has 0 saturated heterocycles. The van der Waals surface area contributed by atoms with Gasteiger partial charge in [-0.25, -0.2) is 18.2 Å². The third-order valence-electron chi connectivity index (χ3n) is 4.09. The van der Waals surface area contributed by atoms with Gasteiger partial charge in [0.05, 0.1) is 10.1 Å². The zero-order valence-corrected chi connectivity index (χ0v) is 17.8. The molecule has 1 saturated carbocycles. The van der Waals surface area contributed by atoms with Crippen molar-refractivity contribution in [3.63, 3.8) is 0 Å². The predicted molar refractivity (Wildman–Crippen MR) is 109 cm³/mol. The Morgan fingerprint density at radius 2 is 1.85 bits per heavy atom. The van der Waals surface area contributed by atoms with Crippen molar-refractivity contribution in [3.8, 4) is 0 Å². The van der Waals surface area contributed by atoms with Crippen molar-refractivity contribution in [3.05, 3.63) is 40.4 Å². The van der Waals surface area contributed by atoms with E-state index in [1.54, 1.807) is 30.5 Å². The lowest BCUT2D eigenvalue weighted by molar-refractivity contribution is 0.209. The number of thiazole rings is 1. The van der Waals surface area contributed by atoms with E-state index in [0.29, 0.717) is 15.0 Å². The van der Waals surface area contributed by atoms with Crippen molar-refractivity contribution in [1.82, 2.24) is 4.98 Å². The van der Waals surface area contributed by atoms with Crippen molar-refractivity contribution in [2.24, 2.45) is 0 Å². The molecule has 148 valence electrons. The predicted octanol–water partition coefficient (Wildman–Crippen LogP) is 5.20. The van der Waals surface area contributed by atoms with E-state index in [1.807, 2.05) is 0 Å². The molecule has 1 fully saturated rings. The molecule has 2 aromatic rings. The summed E-state index contributed by atoms with van der Waals surface area (Å²) < 4.78 is 23.8. The lowest BCUT2D eigenvalue weighted by Crippen LogP contribution is -2.28. The van der Waals surface area contributed by atoms with Crippen LogP contribution in [-0.2, 0) is 15.3 Å². The van der Waals surface area contributed by atoms with Crippen molar-refractivity contribution in [2.45, 2.75) is 55.6 Å². The van der Waals surface area contributed by atoms with Gasteiger partial charge in [-0.3, -0.25) is 5.32 Å². The highest BCUT2D eigenvalue weighted by atomic mass is 35.5. The topological polar surface area (TPSA) is 96.4 Å². The molecule has 1 aromatic carbocycles. The number of carbonyl (C=O) groups is 1. The normalized spacial score (nSPS) is 14.7. The number of nitrogens with one attached hydrogen (secondary N) is 1. The molecule has 0 aliphatic heterocycles. The van der Waals surface area contributed by atoms with E-state index in [-0.39, 0.29) is 10.7 Å². The van der Waals surface area contributed by atoms with Crippen LogP contribution in [0.3, 0.4) is 0 Å². The minimum absolute atomic E-state index is 0.0239. The molecular weight excluding hydrogens is 408 g/mol. The maximum absolute atomic E-state index is 11.9. The Morgan fingerprint density at radius 1 is 1.26 bits per heavy atom. The Balaban J connectivity index is 0.000000194. The van der Waals surface area contributed by atoms with Crippen LogP contribution >= 0.6 is 22.9 Å². The number of amides is 1. The number of anilines is 1. The largest absolute Gasteiger partial charge is 0.465 e. The van der Waals surface area contributed by atoms with Crippen LogP contribution in [0.15, 0.2) is 35.4 Å². The fourth-order valence-electron chi connectivity index (χ4n) is 2.27. The zero-order valence-electron chi connectivity index (χ0n) is 15.4. The maximum Gasteiger partial charge on any atom is 0.410 e. The second kappa shape index (κ2) is 8.58. The molecule has 2 N–H and O–H groups in total. The zero-order chi connectivity index (χ0) is 20.2. The van der Waals surface area contributed by atoms with Gasteiger partial charge in [-0.2, -0.15) is 0 Å². The molecule has 27 heavy (non-hydrogen) atoms. The van der Waals surface area contributed by atoms with E-state index in [1.165, 1.54) is 11.3 Å². The van der Waals surface area contributed by atoms with Crippen LogP contribution in [0.4, 0.5) is 9.93 Å². The highest BCUT2D eigenvalue weighted by molar-refractivity contribution is 7.92. The maximum atomic E-state index is 11.9. The summed E-state index contributed by atoms with van der Waals surface area (Å²) >= 11 is 7.06. The number of halogens is 1. The highest BCUT2D eigenvalue weighted by Gasteiger charge is 2.32. The number of nitrogens with zero attached hydrogens (tertiary/aromatic N) is 1. The van der Waals surface area contributed by atoms with Gasteiger partial charge >= 0.3 is 6.09 Å². The first kappa shape index (κ1) is 21.7. The fraction of sp³-hybridized carbons (Fsp3) is 0.444. The second-order valence-electron chi connectivity index (χ2n) is 7.26. The number of hydrogen-bond donors (Lipinski definition) is 2. The van der Waals surface area contributed by atoms with Crippen LogP contribution in [0.2, 0.25) is 5.02 Å². The lowest BCUT2D eigenvalue weighted by atomic mass is 9.96. The van der Waals surface area contributed by atoms with E-state index < -0.39 is 15.9 Å². The van der Waals surface area contributed by atoms with Crippen LogP contribution in [0.5, 0.6) is 0 Å². The molecule has 1 aliphatic rings. The van der Waals surface area contributed by atoms with Gasteiger partial charge in [-0.1, -0.05) is 38.8 Å². The first-order chi connectivity index (χ1) is 12.5. The Hall–Kier alpha value is -1.64. The Morgan fingerprint density at radius 3 is 2.26 bits per heavy atom. The van der Waals surface area contributed by atoms with Gasteiger partial charge < -0.3 is 5.11 Å². The quantitative estimate of drug-likeness (QED) is 0.697. The van der Waals surface area contributed by atoms with Crippen molar-refractivity contribution in [2.75, 3.05) is 5.32 Å². The minimum atomic E-state index is -3.08. The minimum Gasteiger partial charge on any atom is -0.465 e. The third kappa shape index (κ3) is 5.92. The summed E-state index contributed by atoms with van der Waals surface area (Å²) in [6.07, 6.45) is 3.25. The third-order valence-corrected chi connectivity index (χ3v) is 7.96. The van der Waals surface area contributed by atoms with Gasteiger partial charge in [-0.05, 0) is 42.5 Å². The van der Waals surface area contributed by atoms with E-state index in [4.69, 9.17) is 16.7 Å². The molecule has 6 nitrogen and oxygen atoms in total. The van der Waals surface area contributed by atoms with Crippen LogP contribution < -0.4 is 5.32 Å². The summed E-state index contributed by atoms with van der Waals surface area (Å²) in [6, 6.07) is 6.40. The number of rotatable bonds is 3. The summed E-state index contributed by atoms with van der Waals surface area (Å²) in [5, 5.41) is 11.5. The molecule has 1 aromatic heterocycles. The van der Waals surface area contributed by atoms with Crippen LogP contribution in [0.25, 0.3) is 0 Å². The fourth-order valence-corrected chi connectivity index (χ4v) is 5.11. The summed E-state index contributed by atoms with van der Waals surface area (Å²) in [6.45, 7) is 6.18. The van der Waals surface area contributed by atoms with E-state index >= 15 is 0 Å². The lowest BCUT2D eigenvalue weighted by Gasteiger charge is -2.25. The molecule has 1 heterocycles. The summed E-state index contributed by atoms with van der Waals surface area (Å²) in [5.41, 5.74) is 0.0239. The van der Waals surface area contributed by atoms with Gasteiger partial charge in [0.2, 0.25) is 0 Å². The first-order valence-corrected chi connectivity index (χ1v) is 11.2. The van der Waals surface area contributed by atoms with Crippen molar-refractivity contribution < 1.29 is 18.3 Å². The van der Waals surface area contributed by atoms with Crippen LogP contribution in [0.1, 0.15) is 44.9 Å². The first-order valence-electron chi connectivity index (χ1n) is 8.46. The van der Waals surface area contributed by atoms with Crippen LogP contribution in [0, 0.1) is 0 Å². The molecule has 0 spiro atoms. The summed E-state index contributed by atoms with van der Waals surface area (Å²) in [4.78, 5) is 15.7. The van der Waals surface area contributed by atoms with Gasteiger partial charge in [0.25, 0.3) is 0 Å². The monoisotopic (exact) mass is 430 g/mol. The highest BCUT2D eigenvalue weighted by Crippen LogP contribution is 2.31. The Labute approximate surface area is 168 Å². The molecular formula is C18H23ClN2O4S2. The summed E-state index contributed by atoms with van der Waals surface area (Å²) in [5.74, 6) is 0. The van der Waals surface area contributed by atoms with Gasteiger partial charge in [0.1, 0.15) is 0 Å². The van der Waals surface area contributed by atoms with E-state index in [9.17, 15) is 13.2 Å². The Bertz CT molecular complexity index is 883. The molecule has 1 amide bonds. The average molecular weight is 431 g/mol. The van der Waals surface area contributed by atoms with Gasteiger partial charge in [0, 0.05) is 16.1 Å². The number of sulfone groups is 1. The van der Waals surface area contributed by atoms with Crippen LogP contribution in [-0.4, -0.2) is 29.9 Å². The number of carboxylic acid groups (broad SMARTS) is 1. The molecule has 3 rings (SSSR count). The smallest absolute Gasteiger partial charge is 0.410 e. The van der Waals surface area contributed by atoms with Crippen molar-refractivity contribution >= 4 is 44.0 Å². The molecule has 1 aliphatic carbocycles. The van der Waals surface area contributed by atoms with E-state index in [2.05, 4.69) is 31.1 Å². The van der Waals surface area contributed by atoms with Gasteiger partial charge in [0.15, 0.2) is 15.0 Å². The molecule has 0 atom stereocenters. The molecule has 0 radical (unpaired) electrons. The molecule has 9 heteroatoms. The van der Waals surface area contributed by atoms with E-state index in [0.717, 1.165) is 24.1 Å².